The van der Waals surface area contributed by atoms with Gasteiger partial charge in [-0.15, -0.1) is 11.3 Å². The third-order valence-electron chi connectivity index (χ3n) is 3.22. The van der Waals surface area contributed by atoms with Gasteiger partial charge in [-0.1, -0.05) is 46.3 Å². The molecule has 0 saturated carbocycles. The summed E-state index contributed by atoms with van der Waals surface area (Å²) in [7, 11) is 0. The lowest BCUT2D eigenvalue weighted by atomic mass is 10.0. The zero-order valence-corrected chi connectivity index (χ0v) is 13.1. The van der Waals surface area contributed by atoms with Crippen LogP contribution in [0.3, 0.4) is 0 Å². The highest BCUT2D eigenvalue weighted by Gasteiger charge is 2.35. The van der Waals surface area contributed by atoms with E-state index in [0.717, 1.165) is 15.0 Å². The fraction of sp³-hybridized carbons (Fsp3) is 0.125. The quantitative estimate of drug-likeness (QED) is 0.498. The first kappa shape index (κ1) is 14.6. The summed E-state index contributed by atoms with van der Waals surface area (Å²) in [5.74, 6) is 0. The Morgan fingerprint density at radius 3 is 2.48 bits per heavy atom. The zero-order valence-electron chi connectivity index (χ0n) is 10.7. The van der Waals surface area contributed by atoms with Gasteiger partial charge < -0.3 is 0 Å². The van der Waals surface area contributed by atoms with E-state index in [4.69, 9.17) is 0 Å². The van der Waals surface area contributed by atoms with Crippen molar-refractivity contribution in [2.75, 3.05) is 0 Å². The lowest BCUT2D eigenvalue weighted by molar-refractivity contribution is -0.138. The smallest absolute Gasteiger partial charge is 0.166 e. The van der Waals surface area contributed by atoms with Gasteiger partial charge in [-0.2, -0.15) is 13.2 Å². The van der Waals surface area contributed by atoms with Gasteiger partial charge in [0.2, 0.25) is 0 Å². The van der Waals surface area contributed by atoms with Crippen molar-refractivity contribution >= 4 is 37.4 Å². The summed E-state index contributed by atoms with van der Waals surface area (Å²) in [6, 6.07) is 14.4. The van der Waals surface area contributed by atoms with E-state index in [9.17, 15) is 13.2 Å². The molecule has 0 N–H and O–H groups in total. The van der Waals surface area contributed by atoms with E-state index in [0.29, 0.717) is 5.56 Å². The van der Waals surface area contributed by atoms with Crippen molar-refractivity contribution in [1.82, 2.24) is 0 Å². The normalized spacial score (nSPS) is 12.0. The van der Waals surface area contributed by atoms with Gasteiger partial charge in [-0.05, 0) is 29.1 Å². The predicted molar refractivity (Wildman–Crippen MR) is 83.8 cm³/mol. The summed E-state index contributed by atoms with van der Waals surface area (Å²) in [4.78, 5) is 0.930. The van der Waals surface area contributed by atoms with E-state index in [1.54, 1.807) is 6.07 Å². The molecule has 0 amide bonds. The van der Waals surface area contributed by atoms with Gasteiger partial charge in [-0.3, -0.25) is 0 Å². The van der Waals surface area contributed by atoms with Gasteiger partial charge in [0.25, 0.3) is 0 Å². The van der Waals surface area contributed by atoms with Crippen LogP contribution in [-0.4, -0.2) is 0 Å². The molecule has 2 aromatic carbocycles. The van der Waals surface area contributed by atoms with Crippen LogP contribution >= 0.6 is 27.3 Å². The Morgan fingerprint density at radius 2 is 1.76 bits per heavy atom. The molecule has 0 nitrogen and oxygen atoms in total. The van der Waals surface area contributed by atoms with Crippen molar-refractivity contribution in [3.8, 4) is 0 Å². The molecule has 0 spiro atoms. The fourth-order valence-corrected chi connectivity index (χ4v) is 4.06. The van der Waals surface area contributed by atoms with Gasteiger partial charge in [0, 0.05) is 20.5 Å². The molecule has 0 aliphatic rings. The lowest BCUT2D eigenvalue weighted by Crippen LogP contribution is -2.10. The van der Waals surface area contributed by atoms with E-state index in [-0.39, 0.29) is 10.9 Å². The van der Waals surface area contributed by atoms with Gasteiger partial charge >= 0.3 is 6.18 Å². The average Bonchev–Trinajstić information content (AvgIpc) is 2.79. The van der Waals surface area contributed by atoms with E-state index in [1.165, 1.54) is 23.5 Å². The molecule has 0 radical (unpaired) electrons. The molecule has 0 aliphatic carbocycles. The first-order valence-electron chi connectivity index (χ1n) is 6.27. The van der Waals surface area contributed by atoms with E-state index >= 15 is 0 Å². The molecule has 1 heterocycles. The van der Waals surface area contributed by atoms with E-state index in [1.807, 2.05) is 30.3 Å². The molecular formula is C16H10BrF3S. The maximum absolute atomic E-state index is 13.2. The first-order valence-corrected chi connectivity index (χ1v) is 7.88. The van der Waals surface area contributed by atoms with Gasteiger partial charge in [0.15, 0.2) is 0 Å². The van der Waals surface area contributed by atoms with Crippen molar-refractivity contribution in [1.29, 1.82) is 0 Å². The Balaban J connectivity index is 2.03. The van der Waals surface area contributed by atoms with Crippen molar-refractivity contribution in [2.45, 2.75) is 12.6 Å². The van der Waals surface area contributed by atoms with Crippen LogP contribution in [0.5, 0.6) is 0 Å². The monoisotopic (exact) mass is 370 g/mol. The SMILES string of the molecule is FC(F)(F)c1c(Br)cccc1Cc1cc2ccccc2s1. The Bertz CT molecular complexity index is 757. The summed E-state index contributed by atoms with van der Waals surface area (Å²) >= 11 is 4.55. The number of hydrogen-bond donors (Lipinski definition) is 0. The lowest BCUT2D eigenvalue weighted by Gasteiger charge is -2.14. The van der Waals surface area contributed by atoms with Crippen LogP contribution in [0.1, 0.15) is 16.0 Å². The minimum atomic E-state index is -4.36. The number of rotatable bonds is 2. The minimum Gasteiger partial charge on any atom is -0.166 e. The molecule has 0 fully saturated rings. The molecule has 3 rings (SSSR count). The predicted octanol–water partition coefficient (Wildman–Crippen LogP) is 6.27. The number of hydrogen-bond acceptors (Lipinski definition) is 1. The largest absolute Gasteiger partial charge is 0.417 e. The molecular weight excluding hydrogens is 361 g/mol. The Hall–Kier alpha value is -1.33. The Labute approximate surface area is 132 Å². The second kappa shape index (κ2) is 5.46. The molecule has 0 unspecified atom stereocenters. The molecule has 108 valence electrons. The third kappa shape index (κ3) is 2.99. The third-order valence-corrected chi connectivity index (χ3v) is 5.00. The van der Waals surface area contributed by atoms with Crippen LogP contribution in [0.4, 0.5) is 13.2 Å². The van der Waals surface area contributed by atoms with Crippen LogP contribution in [0.2, 0.25) is 0 Å². The highest BCUT2D eigenvalue weighted by atomic mass is 79.9. The van der Waals surface area contributed by atoms with E-state index in [2.05, 4.69) is 15.9 Å². The Kier molecular flexibility index (Phi) is 3.80. The summed E-state index contributed by atoms with van der Waals surface area (Å²) in [5.41, 5.74) is -0.286. The topological polar surface area (TPSA) is 0 Å². The standard InChI is InChI=1S/C16H10BrF3S/c17-13-6-3-5-11(15(13)16(18,19)20)9-12-8-10-4-1-2-7-14(10)21-12/h1-8H,9H2. The number of alkyl halides is 3. The molecule has 21 heavy (non-hydrogen) atoms. The number of halogens is 4. The zero-order chi connectivity index (χ0) is 15.0. The highest BCUT2D eigenvalue weighted by Crippen LogP contribution is 2.39. The van der Waals surface area contributed by atoms with Gasteiger partial charge in [-0.25, -0.2) is 0 Å². The average molecular weight is 371 g/mol. The van der Waals surface area contributed by atoms with Crippen LogP contribution in [0, 0.1) is 0 Å². The van der Waals surface area contributed by atoms with Crippen molar-refractivity contribution in [2.24, 2.45) is 0 Å². The maximum atomic E-state index is 13.2. The molecule has 1 aromatic heterocycles. The molecule has 0 atom stereocenters. The first-order chi connectivity index (χ1) is 9.95. The molecule has 3 aromatic rings. The van der Waals surface area contributed by atoms with Crippen molar-refractivity contribution in [3.63, 3.8) is 0 Å². The number of benzene rings is 2. The van der Waals surface area contributed by atoms with Crippen molar-refractivity contribution < 1.29 is 13.2 Å². The summed E-state index contributed by atoms with van der Waals surface area (Å²) in [6.45, 7) is 0. The van der Waals surface area contributed by atoms with Gasteiger partial charge in [0.1, 0.15) is 0 Å². The van der Waals surface area contributed by atoms with Crippen LogP contribution < -0.4 is 0 Å². The summed E-state index contributed by atoms with van der Waals surface area (Å²) in [5, 5.41) is 1.07. The van der Waals surface area contributed by atoms with Gasteiger partial charge in [0.05, 0.1) is 5.56 Å². The number of fused-ring (bicyclic) bond motifs is 1. The van der Waals surface area contributed by atoms with Crippen LogP contribution in [0.25, 0.3) is 10.1 Å². The highest BCUT2D eigenvalue weighted by molar-refractivity contribution is 9.10. The van der Waals surface area contributed by atoms with Crippen LogP contribution in [-0.2, 0) is 12.6 Å². The second-order valence-corrected chi connectivity index (χ2v) is 6.72. The molecule has 0 aliphatic heterocycles. The molecule has 0 saturated heterocycles. The summed E-state index contributed by atoms with van der Waals surface area (Å²) in [6.07, 6.45) is -4.07. The number of thiophene rings is 1. The second-order valence-electron chi connectivity index (χ2n) is 4.70. The minimum absolute atomic E-state index is 0.0913. The van der Waals surface area contributed by atoms with Crippen LogP contribution in [0.15, 0.2) is 53.0 Å². The maximum Gasteiger partial charge on any atom is 0.417 e. The Morgan fingerprint density at radius 1 is 1.00 bits per heavy atom. The van der Waals surface area contributed by atoms with Crippen molar-refractivity contribution in [3.05, 3.63) is 69.0 Å². The molecule has 5 heteroatoms. The summed E-state index contributed by atoms with van der Waals surface area (Å²) < 4.78 is 40.8. The van der Waals surface area contributed by atoms with E-state index < -0.39 is 11.7 Å². The molecule has 0 bridgehead atoms. The fourth-order valence-electron chi connectivity index (χ4n) is 2.35.